The fourth-order valence-electron chi connectivity index (χ4n) is 3.41. The molecule has 7 nitrogen and oxygen atoms in total. The molecule has 1 amide bonds. The molecule has 2 saturated heterocycles. The Labute approximate surface area is 156 Å². The van der Waals surface area contributed by atoms with Crippen molar-refractivity contribution in [3.63, 3.8) is 0 Å². The Kier molecular flexibility index (Phi) is 5.08. The van der Waals surface area contributed by atoms with Crippen molar-refractivity contribution in [3.05, 3.63) is 41.0 Å². The Morgan fingerprint density at radius 2 is 2.04 bits per heavy atom. The second-order valence-corrected chi connectivity index (χ2v) is 7.20. The lowest BCUT2D eigenvalue weighted by atomic mass is 10.0. The lowest BCUT2D eigenvalue weighted by Crippen LogP contribution is -2.61. The predicted octanol–water partition coefficient (Wildman–Crippen LogP) is 2.61. The summed E-state index contributed by atoms with van der Waals surface area (Å²) in [5.74, 6) is 0.938. The SMILES string of the molecule is O=C(c1cc(COc2cncc(Cl)c2)on1)N1CC(N2CCCCC2)C1. The molecule has 2 aromatic heterocycles. The van der Waals surface area contributed by atoms with E-state index in [-0.39, 0.29) is 12.5 Å². The number of halogens is 1. The summed E-state index contributed by atoms with van der Waals surface area (Å²) in [4.78, 5) is 20.8. The normalized spacial score (nSPS) is 18.6. The molecule has 0 aromatic carbocycles. The van der Waals surface area contributed by atoms with E-state index < -0.39 is 0 Å². The molecule has 2 aliphatic rings. The van der Waals surface area contributed by atoms with Crippen LogP contribution in [0.3, 0.4) is 0 Å². The summed E-state index contributed by atoms with van der Waals surface area (Å²) in [6, 6.07) is 3.79. The van der Waals surface area contributed by atoms with Gasteiger partial charge in [0.2, 0.25) is 0 Å². The van der Waals surface area contributed by atoms with Crippen LogP contribution >= 0.6 is 11.6 Å². The first-order valence-corrected chi connectivity index (χ1v) is 9.29. The van der Waals surface area contributed by atoms with Gasteiger partial charge in [-0.1, -0.05) is 23.2 Å². The molecule has 0 bridgehead atoms. The summed E-state index contributed by atoms with van der Waals surface area (Å²) in [6.07, 6.45) is 6.94. The smallest absolute Gasteiger partial charge is 0.276 e. The van der Waals surface area contributed by atoms with Crippen molar-refractivity contribution >= 4 is 17.5 Å². The highest BCUT2D eigenvalue weighted by molar-refractivity contribution is 6.30. The molecule has 0 radical (unpaired) electrons. The zero-order valence-electron chi connectivity index (χ0n) is 14.4. The van der Waals surface area contributed by atoms with Crippen LogP contribution in [0.25, 0.3) is 0 Å². The van der Waals surface area contributed by atoms with Gasteiger partial charge in [0.25, 0.3) is 5.91 Å². The maximum atomic E-state index is 12.5. The topological polar surface area (TPSA) is 71.7 Å². The molecule has 4 rings (SSSR count). The molecule has 0 spiro atoms. The van der Waals surface area contributed by atoms with Gasteiger partial charge in [0.1, 0.15) is 12.4 Å². The van der Waals surface area contributed by atoms with Gasteiger partial charge in [-0.15, -0.1) is 0 Å². The third-order valence-electron chi connectivity index (χ3n) is 4.90. The first kappa shape index (κ1) is 17.3. The molecule has 0 aliphatic carbocycles. The first-order valence-electron chi connectivity index (χ1n) is 8.91. The summed E-state index contributed by atoms with van der Waals surface area (Å²) in [6.45, 7) is 4.00. The monoisotopic (exact) mass is 376 g/mol. The number of aromatic nitrogens is 2. The van der Waals surface area contributed by atoms with Crippen molar-refractivity contribution in [2.75, 3.05) is 26.2 Å². The molecule has 138 valence electrons. The van der Waals surface area contributed by atoms with E-state index in [1.807, 2.05) is 4.90 Å². The maximum absolute atomic E-state index is 12.5. The largest absolute Gasteiger partial charge is 0.484 e. The second kappa shape index (κ2) is 7.63. The van der Waals surface area contributed by atoms with Gasteiger partial charge in [0.05, 0.1) is 11.2 Å². The standard InChI is InChI=1S/C18H21ClN4O3/c19-13-6-15(9-20-8-13)25-12-16-7-17(21-26-16)18(24)23-10-14(11-23)22-4-2-1-3-5-22/h6-9,14H,1-5,10-12H2. The van der Waals surface area contributed by atoms with Crippen molar-refractivity contribution in [1.29, 1.82) is 0 Å². The van der Waals surface area contributed by atoms with Crippen LogP contribution in [-0.4, -0.2) is 58.1 Å². The average molecular weight is 377 g/mol. The third-order valence-corrected chi connectivity index (χ3v) is 5.10. The van der Waals surface area contributed by atoms with Crippen LogP contribution in [0.5, 0.6) is 5.75 Å². The number of amides is 1. The zero-order valence-corrected chi connectivity index (χ0v) is 15.2. The Balaban J connectivity index is 1.28. The summed E-state index contributed by atoms with van der Waals surface area (Å²) in [7, 11) is 0. The van der Waals surface area contributed by atoms with E-state index in [0.717, 1.165) is 26.2 Å². The molecule has 0 atom stereocenters. The Morgan fingerprint density at radius 1 is 1.23 bits per heavy atom. The van der Waals surface area contributed by atoms with Crippen LogP contribution in [0, 0.1) is 0 Å². The van der Waals surface area contributed by atoms with Crippen molar-refractivity contribution < 1.29 is 14.1 Å². The predicted molar refractivity (Wildman–Crippen MR) is 95.2 cm³/mol. The van der Waals surface area contributed by atoms with Gasteiger partial charge < -0.3 is 14.2 Å². The molecule has 0 N–H and O–H groups in total. The van der Waals surface area contributed by atoms with Crippen LogP contribution < -0.4 is 4.74 Å². The lowest BCUT2D eigenvalue weighted by Gasteiger charge is -2.46. The minimum Gasteiger partial charge on any atom is -0.484 e. The quantitative estimate of drug-likeness (QED) is 0.798. The molecule has 2 fully saturated rings. The first-order chi connectivity index (χ1) is 12.7. The number of ether oxygens (including phenoxy) is 1. The average Bonchev–Trinajstić information content (AvgIpc) is 3.09. The maximum Gasteiger partial charge on any atom is 0.276 e. The second-order valence-electron chi connectivity index (χ2n) is 6.77. The molecular weight excluding hydrogens is 356 g/mol. The molecule has 2 aliphatic heterocycles. The number of carbonyl (C=O) groups is 1. The number of nitrogens with zero attached hydrogens (tertiary/aromatic N) is 4. The summed E-state index contributed by atoms with van der Waals surface area (Å²) in [5, 5.41) is 4.38. The number of piperidine rings is 1. The fraction of sp³-hybridized carbons (Fsp3) is 0.500. The van der Waals surface area contributed by atoms with E-state index >= 15 is 0 Å². The van der Waals surface area contributed by atoms with Gasteiger partial charge in [-0.2, -0.15) is 0 Å². The van der Waals surface area contributed by atoms with E-state index in [2.05, 4.69) is 15.0 Å². The molecule has 2 aromatic rings. The van der Waals surface area contributed by atoms with E-state index in [0.29, 0.717) is 28.3 Å². The Bertz CT molecular complexity index is 769. The van der Waals surface area contributed by atoms with Gasteiger partial charge in [0, 0.05) is 37.5 Å². The van der Waals surface area contributed by atoms with Crippen LogP contribution in [0.1, 0.15) is 35.5 Å². The molecule has 8 heteroatoms. The number of likely N-dealkylation sites (tertiary alicyclic amines) is 2. The van der Waals surface area contributed by atoms with Crippen molar-refractivity contribution in [2.45, 2.75) is 31.9 Å². The highest BCUT2D eigenvalue weighted by atomic mass is 35.5. The number of pyridine rings is 1. The van der Waals surface area contributed by atoms with Crippen molar-refractivity contribution in [2.24, 2.45) is 0 Å². The molecule has 0 unspecified atom stereocenters. The fourth-order valence-corrected chi connectivity index (χ4v) is 3.57. The number of hydrogen-bond donors (Lipinski definition) is 0. The van der Waals surface area contributed by atoms with Gasteiger partial charge in [0.15, 0.2) is 11.5 Å². The molecular formula is C18H21ClN4O3. The van der Waals surface area contributed by atoms with E-state index in [4.69, 9.17) is 20.9 Å². The third kappa shape index (κ3) is 3.83. The number of carbonyl (C=O) groups excluding carboxylic acids is 1. The minimum atomic E-state index is -0.0855. The van der Waals surface area contributed by atoms with Crippen LogP contribution in [0.2, 0.25) is 5.02 Å². The highest BCUT2D eigenvalue weighted by Gasteiger charge is 2.36. The van der Waals surface area contributed by atoms with Gasteiger partial charge in [-0.3, -0.25) is 14.7 Å². The van der Waals surface area contributed by atoms with Crippen LogP contribution in [0.15, 0.2) is 29.0 Å². The Morgan fingerprint density at radius 3 is 2.81 bits per heavy atom. The molecule has 4 heterocycles. The summed E-state index contributed by atoms with van der Waals surface area (Å²) in [5.41, 5.74) is 0.324. The van der Waals surface area contributed by atoms with Crippen LogP contribution in [-0.2, 0) is 6.61 Å². The van der Waals surface area contributed by atoms with Crippen molar-refractivity contribution in [1.82, 2.24) is 19.9 Å². The van der Waals surface area contributed by atoms with Crippen LogP contribution in [0.4, 0.5) is 0 Å². The van der Waals surface area contributed by atoms with E-state index in [1.54, 1.807) is 18.3 Å². The zero-order chi connectivity index (χ0) is 17.9. The van der Waals surface area contributed by atoms with Gasteiger partial charge >= 0.3 is 0 Å². The number of rotatable bonds is 5. The lowest BCUT2D eigenvalue weighted by molar-refractivity contribution is 0.0196. The number of hydrogen-bond acceptors (Lipinski definition) is 6. The summed E-state index contributed by atoms with van der Waals surface area (Å²) < 4.78 is 10.8. The van der Waals surface area contributed by atoms with Gasteiger partial charge in [-0.05, 0) is 25.9 Å². The molecule has 0 saturated carbocycles. The Hall–Kier alpha value is -2.12. The summed E-state index contributed by atoms with van der Waals surface area (Å²) >= 11 is 5.87. The van der Waals surface area contributed by atoms with Gasteiger partial charge in [-0.25, -0.2) is 0 Å². The molecule has 26 heavy (non-hydrogen) atoms. The van der Waals surface area contributed by atoms with Crippen molar-refractivity contribution in [3.8, 4) is 5.75 Å². The minimum absolute atomic E-state index is 0.0855. The highest BCUT2D eigenvalue weighted by Crippen LogP contribution is 2.22. The van der Waals surface area contributed by atoms with E-state index in [1.165, 1.54) is 25.5 Å². The van der Waals surface area contributed by atoms with E-state index in [9.17, 15) is 4.79 Å².